The lowest BCUT2D eigenvalue weighted by molar-refractivity contribution is 0.0945. The summed E-state index contributed by atoms with van der Waals surface area (Å²) in [6.07, 6.45) is 6.55. The van der Waals surface area contributed by atoms with E-state index in [-0.39, 0.29) is 16.8 Å². The molecule has 2 heterocycles. The van der Waals surface area contributed by atoms with Gasteiger partial charge in [0.15, 0.2) is 0 Å². The number of halogens is 1. The summed E-state index contributed by atoms with van der Waals surface area (Å²) in [6, 6.07) is 1.94. The van der Waals surface area contributed by atoms with E-state index in [0.717, 1.165) is 5.56 Å². The van der Waals surface area contributed by atoms with E-state index in [0.29, 0.717) is 6.54 Å². The van der Waals surface area contributed by atoms with Crippen molar-refractivity contribution in [2.24, 2.45) is 7.05 Å². The number of hydrogen-bond donors (Lipinski definition) is 1. The first kappa shape index (κ1) is 11.6. The minimum Gasteiger partial charge on any atom is -0.357 e. The molecule has 5 nitrogen and oxygen atoms in total. The molecular formula is C11H11ClN4O. The van der Waals surface area contributed by atoms with E-state index < -0.39 is 0 Å². The first-order valence-corrected chi connectivity index (χ1v) is 5.39. The molecule has 0 saturated carbocycles. The molecule has 0 bridgehead atoms. The number of carbonyl (C=O) groups is 1. The molecular weight excluding hydrogens is 240 g/mol. The molecule has 0 radical (unpaired) electrons. The van der Waals surface area contributed by atoms with Crippen molar-refractivity contribution in [2.45, 2.75) is 6.54 Å². The van der Waals surface area contributed by atoms with Gasteiger partial charge in [0.2, 0.25) is 0 Å². The van der Waals surface area contributed by atoms with Crippen LogP contribution < -0.4 is 5.32 Å². The third-order valence-electron chi connectivity index (χ3n) is 2.20. The summed E-state index contributed by atoms with van der Waals surface area (Å²) in [5.41, 5.74) is 1.29. The third kappa shape index (κ3) is 3.04. The highest BCUT2D eigenvalue weighted by Crippen LogP contribution is 2.02. The molecule has 88 valence electrons. The molecule has 0 saturated heterocycles. The van der Waals surface area contributed by atoms with Gasteiger partial charge in [0.05, 0.1) is 12.4 Å². The van der Waals surface area contributed by atoms with Crippen LogP contribution in [-0.2, 0) is 13.6 Å². The van der Waals surface area contributed by atoms with E-state index >= 15 is 0 Å². The molecule has 1 N–H and O–H groups in total. The monoisotopic (exact) mass is 250 g/mol. The van der Waals surface area contributed by atoms with E-state index in [4.69, 9.17) is 11.6 Å². The van der Waals surface area contributed by atoms with E-state index in [1.54, 1.807) is 0 Å². The number of aryl methyl sites for hydroxylation is 1. The van der Waals surface area contributed by atoms with Crippen LogP contribution >= 0.6 is 11.6 Å². The van der Waals surface area contributed by atoms with Crippen molar-refractivity contribution in [2.75, 3.05) is 0 Å². The third-order valence-corrected chi connectivity index (χ3v) is 2.39. The molecule has 0 unspecified atom stereocenters. The maximum atomic E-state index is 11.7. The minimum absolute atomic E-state index is 0.255. The second-order valence-electron chi connectivity index (χ2n) is 3.59. The van der Waals surface area contributed by atoms with Crippen molar-refractivity contribution >= 4 is 17.5 Å². The van der Waals surface area contributed by atoms with Crippen LogP contribution in [0, 0.1) is 0 Å². The smallest absolute Gasteiger partial charge is 0.271 e. The number of nitrogens with zero attached hydrogens (tertiary/aromatic N) is 3. The number of amides is 1. The molecule has 1 amide bonds. The van der Waals surface area contributed by atoms with Crippen LogP contribution in [0.2, 0.25) is 5.15 Å². The summed E-state index contributed by atoms with van der Waals surface area (Å²) in [6.45, 7) is 0.462. The Labute approximate surface area is 103 Å². The molecule has 2 aromatic heterocycles. The molecule has 0 aliphatic heterocycles. The Morgan fingerprint density at radius 1 is 1.47 bits per heavy atom. The normalized spacial score (nSPS) is 10.2. The van der Waals surface area contributed by atoms with Gasteiger partial charge in [0, 0.05) is 26.0 Å². The molecule has 0 atom stereocenters. The van der Waals surface area contributed by atoms with Gasteiger partial charge in [-0.1, -0.05) is 11.6 Å². The molecule has 2 aromatic rings. The lowest BCUT2D eigenvalue weighted by Gasteiger charge is -2.02. The summed E-state index contributed by atoms with van der Waals surface area (Å²) in [5, 5.41) is 3.02. The summed E-state index contributed by atoms with van der Waals surface area (Å²) in [7, 11) is 1.93. The summed E-state index contributed by atoms with van der Waals surface area (Å²) < 4.78 is 1.92. The van der Waals surface area contributed by atoms with Crippen LogP contribution in [0.4, 0.5) is 0 Å². The van der Waals surface area contributed by atoms with Crippen LogP contribution in [0.15, 0.2) is 30.9 Å². The Kier molecular flexibility index (Phi) is 3.39. The fourth-order valence-corrected chi connectivity index (χ4v) is 1.47. The van der Waals surface area contributed by atoms with E-state index in [2.05, 4.69) is 15.3 Å². The van der Waals surface area contributed by atoms with E-state index in [1.807, 2.05) is 30.1 Å². The predicted octanol–water partition coefficient (Wildman–Crippen LogP) is 1.40. The average molecular weight is 251 g/mol. The van der Waals surface area contributed by atoms with Gasteiger partial charge in [-0.05, 0) is 11.6 Å². The van der Waals surface area contributed by atoms with Crippen molar-refractivity contribution in [3.05, 3.63) is 47.3 Å². The zero-order valence-electron chi connectivity index (χ0n) is 9.22. The molecule has 2 rings (SSSR count). The zero-order chi connectivity index (χ0) is 12.3. The van der Waals surface area contributed by atoms with Gasteiger partial charge in [-0.25, -0.2) is 9.97 Å². The Morgan fingerprint density at radius 2 is 2.29 bits per heavy atom. The SMILES string of the molecule is Cn1ccc(CNC(=O)c2cnc(Cl)cn2)c1. The Bertz CT molecular complexity index is 521. The highest BCUT2D eigenvalue weighted by atomic mass is 35.5. The van der Waals surface area contributed by atoms with Crippen molar-refractivity contribution < 1.29 is 4.79 Å². The van der Waals surface area contributed by atoms with Crippen molar-refractivity contribution in [1.29, 1.82) is 0 Å². The predicted molar refractivity (Wildman–Crippen MR) is 63.6 cm³/mol. The first-order valence-electron chi connectivity index (χ1n) is 5.02. The summed E-state index contributed by atoms with van der Waals surface area (Å²) in [5.74, 6) is -0.266. The number of aromatic nitrogens is 3. The van der Waals surface area contributed by atoms with Crippen molar-refractivity contribution in [3.63, 3.8) is 0 Å². The highest BCUT2D eigenvalue weighted by molar-refractivity contribution is 6.29. The molecule has 0 fully saturated rings. The average Bonchev–Trinajstić information content (AvgIpc) is 2.73. The fourth-order valence-electron chi connectivity index (χ4n) is 1.37. The quantitative estimate of drug-likeness (QED) is 0.896. The second-order valence-corrected chi connectivity index (χ2v) is 3.98. The Morgan fingerprint density at radius 3 is 2.88 bits per heavy atom. The topological polar surface area (TPSA) is 59.8 Å². The van der Waals surface area contributed by atoms with Crippen LogP contribution in [0.3, 0.4) is 0 Å². The van der Waals surface area contributed by atoms with Crippen molar-refractivity contribution in [1.82, 2.24) is 19.9 Å². The molecule has 17 heavy (non-hydrogen) atoms. The van der Waals surface area contributed by atoms with E-state index in [9.17, 15) is 4.79 Å². The van der Waals surface area contributed by atoms with Crippen molar-refractivity contribution in [3.8, 4) is 0 Å². The van der Waals surface area contributed by atoms with Gasteiger partial charge < -0.3 is 9.88 Å². The van der Waals surface area contributed by atoms with Crippen LogP contribution in [0.5, 0.6) is 0 Å². The highest BCUT2D eigenvalue weighted by Gasteiger charge is 2.07. The van der Waals surface area contributed by atoms with Gasteiger partial charge in [0.1, 0.15) is 10.8 Å². The van der Waals surface area contributed by atoms with Gasteiger partial charge in [0.25, 0.3) is 5.91 Å². The number of rotatable bonds is 3. The number of hydrogen-bond acceptors (Lipinski definition) is 3. The summed E-state index contributed by atoms with van der Waals surface area (Å²) >= 11 is 5.58. The maximum Gasteiger partial charge on any atom is 0.271 e. The van der Waals surface area contributed by atoms with Gasteiger partial charge in [-0.2, -0.15) is 0 Å². The minimum atomic E-state index is -0.266. The van der Waals surface area contributed by atoms with Crippen LogP contribution in [0.1, 0.15) is 16.1 Å². The second kappa shape index (κ2) is 4.97. The van der Waals surface area contributed by atoms with E-state index in [1.165, 1.54) is 12.4 Å². The first-order chi connectivity index (χ1) is 8.15. The molecule has 6 heteroatoms. The standard InChI is InChI=1S/C11H11ClN4O/c1-16-3-2-8(7-16)4-15-11(17)9-5-14-10(12)6-13-9/h2-3,5-7H,4H2,1H3,(H,15,17). The maximum absolute atomic E-state index is 11.7. The van der Waals surface area contributed by atoms with Crippen LogP contribution in [-0.4, -0.2) is 20.4 Å². The number of carbonyl (C=O) groups excluding carboxylic acids is 1. The Balaban J connectivity index is 1.95. The molecule has 0 spiro atoms. The Hall–Kier alpha value is -1.88. The van der Waals surface area contributed by atoms with Crippen LogP contribution in [0.25, 0.3) is 0 Å². The lowest BCUT2D eigenvalue weighted by Crippen LogP contribution is -2.23. The van der Waals surface area contributed by atoms with Gasteiger partial charge >= 0.3 is 0 Å². The zero-order valence-corrected chi connectivity index (χ0v) is 9.98. The number of nitrogens with one attached hydrogen (secondary N) is 1. The molecule has 0 aliphatic carbocycles. The van der Waals surface area contributed by atoms with Gasteiger partial charge in [-0.3, -0.25) is 4.79 Å². The molecule has 0 aliphatic rings. The summed E-state index contributed by atoms with van der Waals surface area (Å²) in [4.78, 5) is 19.4. The fraction of sp³-hybridized carbons (Fsp3) is 0.182. The molecule has 0 aromatic carbocycles. The largest absolute Gasteiger partial charge is 0.357 e. The van der Waals surface area contributed by atoms with Gasteiger partial charge in [-0.15, -0.1) is 0 Å². The lowest BCUT2D eigenvalue weighted by atomic mass is 10.3.